The molecule has 2 unspecified atom stereocenters. The zero-order chi connectivity index (χ0) is 35.6. The molecule has 0 saturated heterocycles. The third-order valence-electron chi connectivity index (χ3n) is 14.4. The van der Waals surface area contributed by atoms with Gasteiger partial charge in [0.05, 0.1) is 12.2 Å². The van der Waals surface area contributed by atoms with Crippen molar-refractivity contribution >= 4 is 25.0 Å². The fourth-order valence-electron chi connectivity index (χ4n) is 8.62. The molecule has 0 heterocycles. The van der Waals surface area contributed by atoms with E-state index in [0.29, 0.717) is 11.3 Å². The van der Waals surface area contributed by atoms with Gasteiger partial charge in [-0.1, -0.05) is 106 Å². The van der Waals surface area contributed by atoms with Gasteiger partial charge in [-0.3, -0.25) is 0 Å². The van der Waals surface area contributed by atoms with Crippen LogP contribution in [0.5, 0.6) is 0 Å². The molecule has 6 heteroatoms. The van der Waals surface area contributed by atoms with E-state index in [1.54, 1.807) is 5.57 Å². The minimum atomic E-state index is -1.97. The maximum absolute atomic E-state index is 7.11. The monoisotopic (exact) mass is 703 g/mol. The molecule has 0 radical (unpaired) electrons. The van der Waals surface area contributed by atoms with Crippen LogP contribution >= 0.6 is 0 Å². The van der Waals surface area contributed by atoms with Crippen molar-refractivity contribution in [3.05, 3.63) is 35.5 Å². The fraction of sp³-hybridized carbons (Fsp3) is 0.854. The Morgan fingerprint density at radius 1 is 0.851 bits per heavy atom. The van der Waals surface area contributed by atoms with Crippen LogP contribution in [0.25, 0.3) is 0 Å². The van der Waals surface area contributed by atoms with Gasteiger partial charge in [0.1, 0.15) is 0 Å². The maximum Gasteiger partial charge on any atom is 0.192 e. The van der Waals surface area contributed by atoms with Crippen molar-refractivity contribution in [2.75, 3.05) is 6.61 Å². The Kier molecular flexibility index (Phi) is 13.6. The standard InChI is InChI=1S/C41H78O3Si3/c1-17-47(18-2,19-3)42-28-26-31(4)35-24-25-36-34(21-20-27-41(35,36)12)23-22-33-29-37(43-45(13,14)39(6,7)8)32(5)38(30-33)44-46(15,16)40(9,10)11/h22-23,31,35-38H,5,17-21,24-30H2,1-4,6-16H3/b34-23+/t31-,35?,36?,37-,38-,41-/m1/s1. The molecule has 0 bridgehead atoms. The zero-order valence-electron chi connectivity index (χ0n) is 34.0. The number of hydrogen-bond donors (Lipinski definition) is 0. The molecule has 47 heavy (non-hydrogen) atoms. The molecule has 0 N–H and O–H groups in total. The topological polar surface area (TPSA) is 27.7 Å². The van der Waals surface area contributed by atoms with Crippen LogP contribution in [0.15, 0.2) is 35.5 Å². The van der Waals surface area contributed by atoms with E-state index in [9.17, 15) is 0 Å². The number of fused-ring (bicyclic) bond motifs is 1. The van der Waals surface area contributed by atoms with Crippen molar-refractivity contribution in [2.24, 2.45) is 23.2 Å². The lowest BCUT2D eigenvalue weighted by Gasteiger charge is -2.46. The summed E-state index contributed by atoms with van der Waals surface area (Å²) in [7, 11) is -5.45. The van der Waals surface area contributed by atoms with E-state index in [1.165, 1.54) is 67.8 Å². The lowest BCUT2D eigenvalue weighted by atomic mass is 9.61. The third-order valence-corrected chi connectivity index (χ3v) is 28.0. The summed E-state index contributed by atoms with van der Waals surface area (Å²) in [5.41, 5.74) is 4.78. The Bertz CT molecular complexity index is 1070. The SMILES string of the molecule is C=C1[C@H](O[Si](C)(C)C(C)(C)C)CC(=C/C=C2\CCC[C@@]3(C)C2CCC3[C@H](C)CCO[Si](CC)(CC)CC)C[C@H]1O[Si](C)(C)C(C)(C)C. The van der Waals surface area contributed by atoms with Crippen LogP contribution in [0.2, 0.25) is 54.4 Å². The van der Waals surface area contributed by atoms with E-state index >= 15 is 0 Å². The van der Waals surface area contributed by atoms with Gasteiger partial charge >= 0.3 is 0 Å². The van der Waals surface area contributed by atoms with Gasteiger partial charge in [0.2, 0.25) is 0 Å². The molecule has 0 aromatic heterocycles. The first-order valence-electron chi connectivity index (χ1n) is 19.6. The molecular formula is C41H78O3Si3. The van der Waals surface area contributed by atoms with Gasteiger partial charge < -0.3 is 13.3 Å². The van der Waals surface area contributed by atoms with Crippen molar-refractivity contribution in [3.8, 4) is 0 Å². The fourth-order valence-corrected chi connectivity index (χ4v) is 13.9. The van der Waals surface area contributed by atoms with Gasteiger partial charge in [0.15, 0.2) is 25.0 Å². The summed E-state index contributed by atoms with van der Waals surface area (Å²) in [6.45, 7) is 41.4. The van der Waals surface area contributed by atoms with E-state index in [-0.39, 0.29) is 22.3 Å². The lowest BCUT2D eigenvalue weighted by molar-refractivity contribution is 0.0867. The highest BCUT2D eigenvalue weighted by atomic mass is 28.4. The minimum Gasteiger partial charge on any atom is -0.417 e. The van der Waals surface area contributed by atoms with Gasteiger partial charge in [0, 0.05) is 6.61 Å². The number of hydrogen-bond acceptors (Lipinski definition) is 3. The Hall–Kier alpha value is -0.249. The van der Waals surface area contributed by atoms with Crippen LogP contribution in [0.3, 0.4) is 0 Å². The van der Waals surface area contributed by atoms with Crippen LogP contribution in [0.1, 0.15) is 128 Å². The van der Waals surface area contributed by atoms with E-state index in [2.05, 4.69) is 121 Å². The molecule has 6 atom stereocenters. The summed E-state index contributed by atoms with van der Waals surface area (Å²) in [5.74, 6) is 2.25. The van der Waals surface area contributed by atoms with Gasteiger partial charge in [-0.05, 0) is 135 Å². The number of rotatable bonds is 13. The minimum absolute atomic E-state index is 0.0366. The molecule has 0 aromatic carbocycles. The lowest BCUT2D eigenvalue weighted by Crippen LogP contribution is -2.49. The largest absolute Gasteiger partial charge is 0.417 e. The van der Waals surface area contributed by atoms with Gasteiger partial charge in [0.25, 0.3) is 0 Å². The average molecular weight is 703 g/mol. The van der Waals surface area contributed by atoms with Crippen LogP contribution in [-0.4, -0.2) is 43.8 Å². The van der Waals surface area contributed by atoms with E-state index in [1.807, 2.05) is 0 Å². The summed E-state index contributed by atoms with van der Waals surface area (Å²) < 4.78 is 21.0. The van der Waals surface area contributed by atoms with Crippen LogP contribution < -0.4 is 0 Å². The average Bonchev–Trinajstić information content (AvgIpc) is 3.32. The molecular weight excluding hydrogens is 625 g/mol. The molecule has 3 aliphatic rings. The summed E-state index contributed by atoms with van der Waals surface area (Å²) in [4.78, 5) is 0. The molecule has 272 valence electrons. The first-order chi connectivity index (χ1) is 21.6. The van der Waals surface area contributed by atoms with Crippen molar-refractivity contribution in [1.29, 1.82) is 0 Å². The third kappa shape index (κ3) is 9.36. The predicted octanol–water partition coefficient (Wildman–Crippen LogP) is 13.2. The Labute approximate surface area is 296 Å². The predicted molar refractivity (Wildman–Crippen MR) is 214 cm³/mol. The first-order valence-corrected chi connectivity index (χ1v) is 28.0. The second-order valence-electron chi connectivity index (χ2n) is 19.2. The van der Waals surface area contributed by atoms with Crippen molar-refractivity contribution in [1.82, 2.24) is 0 Å². The van der Waals surface area contributed by atoms with Gasteiger partial charge in [-0.15, -0.1) is 0 Å². The van der Waals surface area contributed by atoms with Crippen molar-refractivity contribution in [3.63, 3.8) is 0 Å². The summed E-state index contributed by atoms with van der Waals surface area (Å²) in [6.07, 6.45) is 15.0. The second kappa shape index (κ2) is 15.6. The Balaban J connectivity index is 1.83. The smallest absolute Gasteiger partial charge is 0.192 e. The first kappa shape index (κ1) is 41.2. The van der Waals surface area contributed by atoms with Crippen LogP contribution in [0.4, 0.5) is 0 Å². The van der Waals surface area contributed by atoms with Crippen LogP contribution in [-0.2, 0) is 13.3 Å². The highest BCUT2D eigenvalue weighted by Crippen LogP contribution is 2.60. The molecule has 0 aliphatic heterocycles. The van der Waals surface area contributed by atoms with Gasteiger partial charge in [-0.25, -0.2) is 0 Å². The normalized spacial score (nSPS) is 29.7. The highest BCUT2D eigenvalue weighted by Gasteiger charge is 2.51. The molecule has 3 rings (SSSR count). The number of allylic oxidation sites excluding steroid dienone is 3. The molecule has 3 nitrogen and oxygen atoms in total. The Morgan fingerprint density at radius 2 is 1.36 bits per heavy atom. The molecule has 3 saturated carbocycles. The summed E-state index contributed by atoms with van der Waals surface area (Å²) in [5, 5.41) is 0.322. The van der Waals surface area contributed by atoms with E-state index < -0.39 is 25.0 Å². The van der Waals surface area contributed by atoms with Crippen molar-refractivity contribution < 1.29 is 13.3 Å². The maximum atomic E-state index is 7.11. The molecule has 3 aliphatic carbocycles. The second-order valence-corrected chi connectivity index (χ2v) is 33.5. The Morgan fingerprint density at radius 3 is 1.83 bits per heavy atom. The molecule has 0 amide bonds. The molecule has 0 spiro atoms. The van der Waals surface area contributed by atoms with Crippen molar-refractivity contribution in [2.45, 2.75) is 194 Å². The highest BCUT2D eigenvalue weighted by molar-refractivity contribution is 6.74. The zero-order valence-corrected chi connectivity index (χ0v) is 37.0. The summed E-state index contributed by atoms with van der Waals surface area (Å²) >= 11 is 0. The van der Waals surface area contributed by atoms with Crippen LogP contribution in [0, 0.1) is 23.2 Å². The molecule has 3 fully saturated rings. The quantitative estimate of drug-likeness (QED) is 0.141. The summed E-state index contributed by atoms with van der Waals surface area (Å²) in [6, 6.07) is 3.76. The van der Waals surface area contributed by atoms with E-state index in [0.717, 1.165) is 31.3 Å². The van der Waals surface area contributed by atoms with E-state index in [4.69, 9.17) is 13.3 Å². The van der Waals surface area contributed by atoms with Gasteiger partial charge in [-0.2, -0.15) is 0 Å². The molecule has 0 aromatic rings.